The number of fused-ring (bicyclic) bond motifs is 12. The van der Waals surface area contributed by atoms with Crippen LogP contribution in [0.15, 0.2) is 170 Å². The summed E-state index contributed by atoms with van der Waals surface area (Å²) >= 11 is 0. The minimum absolute atomic E-state index is 0.0648. The minimum atomic E-state index is 0.0648. The molecular weight excluding hydrogens is 1240 g/mol. The highest BCUT2D eigenvalue weighted by Gasteiger charge is 2.56. The third-order valence-electron chi connectivity index (χ3n) is 31.1. The van der Waals surface area contributed by atoms with Crippen molar-refractivity contribution in [3.63, 3.8) is 0 Å². The van der Waals surface area contributed by atoms with Crippen LogP contribution in [0.2, 0.25) is 0 Å². The molecule has 0 saturated heterocycles. The molecule has 0 amide bonds. The Morgan fingerprint density at radius 3 is 0.481 bits per heavy atom. The average molecular weight is 1290 g/mol. The second-order valence-corrected chi connectivity index (χ2v) is 34.3. The highest BCUT2D eigenvalue weighted by atomic mass is 14.4. The molecule has 10 aliphatic heterocycles. The summed E-state index contributed by atoms with van der Waals surface area (Å²) in [6, 6.07) is 71.8. The van der Waals surface area contributed by atoms with Crippen LogP contribution in [-0.2, 0) is 0 Å². The third kappa shape index (κ3) is 4.25. The molecule has 4 heteroatoms. The molecule has 10 aliphatic rings. The van der Waals surface area contributed by atoms with Gasteiger partial charge in [0.15, 0.2) is 0 Å². The molecule has 0 atom stereocenters. The van der Waals surface area contributed by atoms with Crippen LogP contribution in [0.3, 0.4) is 0 Å². The minimum Gasteiger partial charge on any atom is -0.0648 e. The van der Waals surface area contributed by atoms with E-state index in [9.17, 15) is 0 Å². The summed E-state index contributed by atoms with van der Waals surface area (Å²) in [6.45, 7) is 14.6. The zero-order valence-electron chi connectivity index (χ0n) is 57.5. The van der Waals surface area contributed by atoms with E-state index in [2.05, 4.69) is 211 Å². The van der Waals surface area contributed by atoms with Gasteiger partial charge in [-0.05, 0) is 336 Å². The maximum Gasteiger partial charge on any atom is 0.243 e. The lowest BCUT2D eigenvalue weighted by Gasteiger charge is -2.47. The molecule has 0 spiro atoms. The summed E-state index contributed by atoms with van der Waals surface area (Å²) in [5.41, 5.74) is 50.1. The van der Waals surface area contributed by atoms with E-state index in [1.807, 2.05) is 0 Å². The first-order valence-corrected chi connectivity index (χ1v) is 38.2. The van der Waals surface area contributed by atoms with E-state index in [0.29, 0.717) is 0 Å². The molecule has 0 bridgehead atoms. The molecule has 458 valence electrons. The Balaban J connectivity index is 0.733. The molecule has 0 saturated carbocycles. The Labute approximate surface area is 594 Å². The van der Waals surface area contributed by atoms with Crippen molar-refractivity contribution in [2.75, 3.05) is 0 Å². The quantitative estimate of drug-likeness (QED) is 0.0806. The molecule has 0 unspecified atom stereocenters. The van der Waals surface area contributed by atoms with Crippen molar-refractivity contribution in [1.82, 2.24) is 0 Å². The van der Waals surface area contributed by atoms with Crippen LogP contribution in [0.25, 0.3) is 261 Å². The van der Waals surface area contributed by atoms with Gasteiger partial charge in [0.1, 0.15) is 0 Å². The fourth-order valence-corrected chi connectivity index (χ4v) is 28.3. The molecule has 0 radical (unpaired) electrons. The fourth-order valence-electron chi connectivity index (χ4n) is 28.3. The predicted octanol–water partition coefficient (Wildman–Crippen LogP) is 17.1. The molecular formula is C100H46B4. The van der Waals surface area contributed by atoms with Crippen molar-refractivity contribution in [1.29, 1.82) is 0 Å². The molecule has 0 fully saturated rings. The van der Waals surface area contributed by atoms with Gasteiger partial charge >= 0.3 is 0 Å². The SMILES string of the molecule is Cc1ccc2c3c4c5c(ccc(C)c5c(C)c13)-c1ccc3c5c1B4c1c-2ccc2c1B5c1c4c-2ccc2c5ccc6c7c8c9c(ccc%10c%11ccc-3c1c%11c(c42)c(c75)c9%10)-c1ccc2c3c1B8c1c-6ccc4c1B3c1c3c-4ccc4c5ccc(C)c6c(C)c7c(C)ccc8c9ccc-2c1c9c(c34)c(c65)c78. The van der Waals surface area contributed by atoms with Crippen molar-refractivity contribution in [3.8, 4) is 89.0 Å². The second kappa shape index (κ2) is 14.4. The van der Waals surface area contributed by atoms with E-state index >= 15 is 0 Å². The van der Waals surface area contributed by atoms with Crippen molar-refractivity contribution < 1.29 is 0 Å². The summed E-state index contributed by atoms with van der Waals surface area (Å²) in [5, 5.41) is 46.8. The Bertz CT molecular complexity index is 8310. The number of hydrogen-bond acceptors (Lipinski definition) is 0. The summed E-state index contributed by atoms with van der Waals surface area (Å²) in [7, 11) is 0. The van der Waals surface area contributed by atoms with Gasteiger partial charge in [0.2, 0.25) is 26.9 Å². The van der Waals surface area contributed by atoms with Crippen molar-refractivity contribution >= 4 is 265 Å². The molecule has 23 aromatic rings. The highest BCUT2D eigenvalue weighted by Crippen LogP contribution is 2.61. The van der Waals surface area contributed by atoms with E-state index in [1.165, 1.54) is 295 Å². The molecule has 0 N–H and O–H groups in total. The Morgan fingerprint density at radius 2 is 0.269 bits per heavy atom. The van der Waals surface area contributed by atoms with Crippen LogP contribution < -0.4 is 65.6 Å². The number of rotatable bonds is 0. The number of benzene rings is 23. The summed E-state index contributed by atoms with van der Waals surface area (Å²) < 4.78 is 0. The normalized spacial score (nSPS) is 15.1. The van der Waals surface area contributed by atoms with Crippen molar-refractivity contribution in [2.24, 2.45) is 0 Å². The van der Waals surface area contributed by atoms with E-state index in [-0.39, 0.29) is 26.9 Å². The first-order chi connectivity index (χ1) is 51.2. The molecule has 33 rings (SSSR count). The standard InChI is InChI=1S/C100H46B4/c1-35-7-11-41-43-15-21-51-61-31-33-63-55-25-19-47-45-17-23-53-59-29-27-57-49-13-9-37(3)67-40(6)68-38(4)10-14-50-58-28-30-60-54-24-18-46-48-20-26-56-64-34-32-62-52-22-16-44-42-12-8-36(2)66-39(5)65(35)69(41)85(70(42)66)86-71(43)79(51)98(80(52)72(44)86)103-93(61)95(63)104(96(64)94(62)103)100-83(55)75(47)88(76(48)84(56)100)87-73(45)81(53)99(82(54)74(46)87)102-91(59)89(57)101(90(58)92(60)102)97(77(49)67)78(50)68/h7-34H,1-6H3. The van der Waals surface area contributed by atoms with Crippen LogP contribution in [0.4, 0.5) is 0 Å². The van der Waals surface area contributed by atoms with Crippen LogP contribution >= 0.6 is 0 Å². The second-order valence-electron chi connectivity index (χ2n) is 34.3. The van der Waals surface area contributed by atoms with Gasteiger partial charge in [-0.15, -0.1) is 0 Å². The van der Waals surface area contributed by atoms with Gasteiger partial charge in [-0.25, -0.2) is 0 Å². The fraction of sp³-hybridized carbons (Fsp3) is 0.0600. The van der Waals surface area contributed by atoms with Crippen molar-refractivity contribution in [3.05, 3.63) is 203 Å². The van der Waals surface area contributed by atoms with Gasteiger partial charge in [-0.1, -0.05) is 235 Å². The monoisotopic (exact) mass is 1290 g/mol. The summed E-state index contributed by atoms with van der Waals surface area (Å²) in [4.78, 5) is 0. The first-order valence-electron chi connectivity index (χ1n) is 38.2. The van der Waals surface area contributed by atoms with E-state index in [4.69, 9.17) is 0 Å². The van der Waals surface area contributed by atoms with E-state index < -0.39 is 0 Å². The van der Waals surface area contributed by atoms with Gasteiger partial charge in [-0.2, -0.15) is 0 Å². The predicted molar refractivity (Wildman–Crippen MR) is 451 cm³/mol. The lowest BCUT2D eigenvalue weighted by molar-refractivity contribution is 1.45. The lowest BCUT2D eigenvalue weighted by Crippen LogP contribution is -2.78. The van der Waals surface area contributed by atoms with Gasteiger partial charge in [-0.3, -0.25) is 0 Å². The van der Waals surface area contributed by atoms with E-state index in [0.717, 1.165) is 0 Å². The number of hydrogen-bond donors (Lipinski definition) is 0. The maximum absolute atomic E-state index is 2.63. The summed E-state index contributed by atoms with van der Waals surface area (Å²) in [5.74, 6) is 0. The molecule has 0 aliphatic carbocycles. The van der Waals surface area contributed by atoms with Gasteiger partial charge < -0.3 is 0 Å². The van der Waals surface area contributed by atoms with Gasteiger partial charge in [0.05, 0.1) is 0 Å². The van der Waals surface area contributed by atoms with E-state index in [1.54, 1.807) is 65.6 Å². The Kier molecular flexibility index (Phi) is 6.89. The van der Waals surface area contributed by atoms with Crippen LogP contribution in [-0.4, -0.2) is 26.9 Å². The topological polar surface area (TPSA) is 0 Å². The molecule has 104 heavy (non-hydrogen) atoms. The molecule has 0 aromatic heterocycles. The Morgan fingerprint density at radius 1 is 0.125 bits per heavy atom. The Hall–Kier alpha value is -12.0. The molecule has 23 aromatic carbocycles. The number of aryl methyl sites for hydroxylation is 6. The first kappa shape index (κ1) is 49.6. The highest BCUT2D eigenvalue weighted by molar-refractivity contribution is 7.18. The molecule has 0 nitrogen and oxygen atoms in total. The van der Waals surface area contributed by atoms with Crippen LogP contribution in [0.5, 0.6) is 0 Å². The maximum atomic E-state index is 2.63. The lowest BCUT2D eigenvalue weighted by atomic mass is 9.16. The third-order valence-corrected chi connectivity index (χ3v) is 31.1. The summed E-state index contributed by atoms with van der Waals surface area (Å²) in [6.07, 6.45) is 0. The van der Waals surface area contributed by atoms with Gasteiger partial charge in [0.25, 0.3) is 0 Å². The zero-order chi connectivity index (χ0) is 66.2. The van der Waals surface area contributed by atoms with Crippen LogP contribution in [0, 0.1) is 41.5 Å². The smallest absolute Gasteiger partial charge is 0.0648 e. The van der Waals surface area contributed by atoms with Gasteiger partial charge in [0, 0.05) is 0 Å². The zero-order valence-corrected chi connectivity index (χ0v) is 57.5. The van der Waals surface area contributed by atoms with Crippen molar-refractivity contribution in [2.45, 2.75) is 41.5 Å². The average Bonchev–Trinajstić information content (AvgIpc) is 0.625. The largest absolute Gasteiger partial charge is 0.243 e. The van der Waals surface area contributed by atoms with Crippen LogP contribution in [0.1, 0.15) is 33.4 Å². The molecule has 10 heterocycles.